The molecule has 0 aliphatic rings. The van der Waals surface area contributed by atoms with Crippen LogP contribution in [0.1, 0.15) is 54.5 Å². The van der Waals surface area contributed by atoms with Gasteiger partial charge in [-0.25, -0.2) is 18.5 Å². The Morgan fingerprint density at radius 1 is 1.15 bits per heavy atom. The third-order valence-corrected chi connectivity index (χ3v) is 7.81. The number of hydrogen-bond donors (Lipinski definition) is 2. The van der Waals surface area contributed by atoms with E-state index in [9.17, 15) is 23.6 Å². The van der Waals surface area contributed by atoms with Gasteiger partial charge >= 0.3 is 11.7 Å². The second kappa shape index (κ2) is 14.9. The van der Waals surface area contributed by atoms with Crippen LogP contribution in [0.5, 0.6) is 5.75 Å². The Kier molecular flexibility index (Phi) is 12.2. The number of esters is 1. The largest absolute Gasteiger partial charge is 0.496 e. The fraction of sp³-hybridized carbons (Fsp3) is 0.500. The SMILES string of the molecule is CCOC(=O)c1sc2c(c1C)c(=O)n([C@H](C)C(=O)N(C)C(C)C)c(=O)n2CCc1cc(F)ccc1OC.OCCO. The molecule has 0 saturated carbocycles. The van der Waals surface area contributed by atoms with E-state index in [1.165, 1.54) is 41.7 Å². The van der Waals surface area contributed by atoms with E-state index in [4.69, 9.17) is 19.7 Å². The zero-order chi connectivity index (χ0) is 31.0. The molecule has 0 fully saturated rings. The lowest BCUT2D eigenvalue weighted by Gasteiger charge is -2.26. The summed E-state index contributed by atoms with van der Waals surface area (Å²) in [6, 6.07) is 2.87. The highest BCUT2D eigenvalue weighted by molar-refractivity contribution is 7.20. The molecule has 0 bridgehead atoms. The van der Waals surface area contributed by atoms with Gasteiger partial charge in [0.15, 0.2) is 0 Å². The fourth-order valence-corrected chi connectivity index (χ4v) is 5.34. The molecule has 0 radical (unpaired) electrons. The minimum Gasteiger partial charge on any atom is -0.496 e. The van der Waals surface area contributed by atoms with E-state index >= 15 is 0 Å². The number of likely N-dealkylation sites (N-methyl/N-ethyl adjacent to an activating group) is 1. The highest BCUT2D eigenvalue weighted by Crippen LogP contribution is 2.30. The van der Waals surface area contributed by atoms with Gasteiger partial charge in [-0.05, 0) is 70.4 Å². The van der Waals surface area contributed by atoms with Gasteiger partial charge in [0.25, 0.3) is 5.56 Å². The molecule has 0 aliphatic heterocycles. The highest BCUT2D eigenvalue weighted by atomic mass is 32.1. The summed E-state index contributed by atoms with van der Waals surface area (Å²) in [5.74, 6) is -0.992. The maximum atomic E-state index is 14.0. The quantitative estimate of drug-likeness (QED) is 0.341. The zero-order valence-corrected chi connectivity index (χ0v) is 25.2. The number of thiophene rings is 1. The lowest BCUT2D eigenvalue weighted by atomic mass is 10.1. The average Bonchev–Trinajstić information content (AvgIpc) is 3.29. The molecule has 0 unspecified atom stereocenters. The van der Waals surface area contributed by atoms with Crippen molar-refractivity contribution >= 4 is 33.4 Å². The first-order valence-corrected chi connectivity index (χ1v) is 13.9. The van der Waals surface area contributed by atoms with Crippen LogP contribution in [-0.4, -0.2) is 76.1 Å². The number of methoxy groups -OCH3 is 1. The van der Waals surface area contributed by atoms with Crippen LogP contribution >= 0.6 is 11.3 Å². The van der Waals surface area contributed by atoms with Gasteiger partial charge in [0.2, 0.25) is 5.91 Å². The van der Waals surface area contributed by atoms with Crippen LogP contribution in [0.15, 0.2) is 27.8 Å². The predicted octanol–water partition coefficient (Wildman–Crippen LogP) is 2.50. The molecule has 1 atom stereocenters. The number of nitrogens with zero attached hydrogens (tertiary/aromatic N) is 3. The van der Waals surface area contributed by atoms with E-state index in [-0.39, 0.29) is 49.1 Å². The minimum atomic E-state index is -1.09. The molecule has 13 heteroatoms. The molecule has 0 aliphatic carbocycles. The van der Waals surface area contributed by atoms with E-state index in [1.54, 1.807) is 20.9 Å². The van der Waals surface area contributed by atoms with Crippen LogP contribution in [0.2, 0.25) is 0 Å². The van der Waals surface area contributed by atoms with Crippen molar-refractivity contribution in [3.63, 3.8) is 0 Å². The molecule has 2 aromatic heterocycles. The van der Waals surface area contributed by atoms with Crippen molar-refractivity contribution in [2.75, 3.05) is 34.0 Å². The van der Waals surface area contributed by atoms with Crippen molar-refractivity contribution in [2.45, 2.75) is 59.7 Å². The summed E-state index contributed by atoms with van der Waals surface area (Å²) in [5.41, 5.74) is -0.432. The Morgan fingerprint density at radius 3 is 2.32 bits per heavy atom. The molecule has 0 saturated heterocycles. The summed E-state index contributed by atoms with van der Waals surface area (Å²) < 4.78 is 26.7. The number of carbonyl (C=O) groups is 2. The second-order valence-electron chi connectivity index (χ2n) is 9.44. The van der Waals surface area contributed by atoms with E-state index in [1.807, 2.05) is 13.8 Å². The number of aromatic nitrogens is 2. The molecule has 2 N–H and O–H groups in total. The topological polar surface area (TPSA) is 140 Å². The van der Waals surface area contributed by atoms with E-state index < -0.39 is 35.0 Å². The number of halogens is 1. The van der Waals surface area contributed by atoms with Gasteiger partial charge in [0.1, 0.15) is 27.3 Å². The Hall–Kier alpha value is -3.55. The van der Waals surface area contributed by atoms with Gasteiger partial charge in [-0.3, -0.25) is 14.2 Å². The van der Waals surface area contributed by atoms with Crippen molar-refractivity contribution in [2.24, 2.45) is 0 Å². The zero-order valence-electron chi connectivity index (χ0n) is 24.4. The normalized spacial score (nSPS) is 11.7. The van der Waals surface area contributed by atoms with Gasteiger partial charge in [0.05, 0.1) is 32.3 Å². The van der Waals surface area contributed by atoms with Crippen LogP contribution < -0.4 is 16.0 Å². The van der Waals surface area contributed by atoms with Crippen LogP contribution in [-0.2, 0) is 22.5 Å². The van der Waals surface area contributed by atoms with Gasteiger partial charge in [-0.15, -0.1) is 11.3 Å². The lowest BCUT2D eigenvalue weighted by molar-refractivity contribution is -0.134. The number of hydrogen-bond acceptors (Lipinski definition) is 9. The third-order valence-electron chi connectivity index (χ3n) is 6.52. The van der Waals surface area contributed by atoms with Crippen molar-refractivity contribution in [3.05, 3.63) is 60.9 Å². The molecule has 41 heavy (non-hydrogen) atoms. The summed E-state index contributed by atoms with van der Waals surface area (Å²) in [5, 5.41) is 15.4. The van der Waals surface area contributed by atoms with E-state index in [0.29, 0.717) is 21.7 Å². The summed E-state index contributed by atoms with van der Waals surface area (Å²) in [6.07, 6.45) is 0.202. The van der Waals surface area contributed by atoms with Crippen molar-refractivity contribution < 1.29 is 33.7 Å². The minimum absolute atomic E-state index is 0.0541. The number of benzene rings is 1. The first kappa shape index (κ1) is 33.7. The first-order chi connectivity index (χ1) is 19.4. The van der Waals surface area contributed by atoms with Crippen LogP contribution in [0.25, 0.3) is 10.2 Å². The Balaban J connectivity index is 0.00000138. The Labute approximate surface area is 241 Å². The average molecular weight is 596 g/mol. The maximum Gasteiger partial charge on any atom is 0.348 e. The molecule has 3 rings (SSSR count). The second-order valence-corrected chi connectivity index (χ2v) is 10.4. The Bertz CT molecular complexity index is 1490. The summed E-state index contributed by atoms with van der Waals surface area (Å²) >= 11 is 0.990. The molecule has 1 amide bonds. The molecule has 226 valence electrons. The van der Waals surface area contributed by atoms with Crippen LogP contribution in [0.4, 0.5) is 4.39 Å². The molecule has 3 aromatic rings. The number of carbonyl (C=O) groups excluding carboxylic acids is 2. The third kappa shape index (κ3) is 7.40. The highest BCUT2D eigenvalue weighted by Gasteiger charge is 2.29. The van der Waals surface area contributed by atoms with Gasteiger partial charge in [-0.2, -0.15) is 0 Å². The number of ether oxygens (including phenoxy) is 2. The number of aliphatic hydroxyl groups is 2. The van der Waals surface area contributed by atoms with E-state index in [2.05, 4.69) is 0 Å². The number of aliphatic hydroxyl groups excluding tert-OH is 2. The standard InChI is InChI=1S/C26H32FN3O6S.C2H6O2/c1-8-36-25(33)21-15(4)20-23(32)30(16(5)22(31)28(6)14(2)3)26(34)29(24(20)37-21)12-11-17-13-18(27)9-10-19(17)35-7;3-1-2-4/h9-10,13-14,16H,8,11-12H2,1-7H3;3-4H,1-2H2/t16-;/m1./s1. The summed E-state index contributed by atoms with van der Waals surface area (Å²) in [4.78, 5) is 55.1. The fourth-order valence-electron chi connectivity index (χ4n) is 4.13. The van der Waals surface area contributed by atoms with Crippen molar-refractivity contribution in [3.8, 4) is 5.75 Å². The molecular formula is C28H38FN3O8S. The van der Waals surface area contributed by atoms with Crippen LogP contribution in [0.3, 0.4) is 0 Å². The molecule has 2 heterocycles. The van der Waals surface area contributed by atoms with E-state index in [0.717, 1.165) is 15.9 Å². The molecule has 1 aromatic carbocycles. The maximum absolute atomic E-state index is 14.0. The van der Waals surface area contributed by atoms with Gasteiger partial charge in [0, 0.05) is 19.6 Å². The monoisotopic (exact) mass is 595 g/mol. The number of aryl methyl sites for hydroxylation is 3. The molecule has 11 nitrogen and oxygen atoms in total. The number of fused-ring (bicyclic) bond motifs is 1. The smallest absolute Gasteiger partial charge is 0.348 e. The summed E-state index contributed by atoms with van der Waals surface area (Å²) in [6.45, 7) is 8.41. The number of amides is 1. The molecule has 0 spiro atoms. The number of rotatable bonds is 10. The molecular weight excluding hydrogens is 557 g/mol. The van der Waals surface area contributed by atoms with Gasteiger partial charge in [-0.1, -0.05) is 0 Å². The van der Waals surface area contributed by atoms with Crippen molar-refractivity contribution in [1.82, 2.24) is 14.0 Å². The Morgan fingerprint density at radius 2 is 1.78 bits per heavy atom. The van der Waals surface area contributed by atoms with Gasteiger partial charge < -0.3 is 24.6 Å². The predicted molar refractivity (Wildman–Crippen MR) is 154 cm³/mol. The van der Waals surface area contributed by atoms with Crippen LogP contribution in [0, 0.1) is 12.7 Å². The first-order valence-electron chi connectivity index (χ1n) is 13.1. The van der Waals surface area contributed by atoms with Crippen molar-refractivity contribution in [1.29, 1.82) is 0 Å². The lowest BCUT2D eigenvalue weighted by Crippen LogP contribution is -2.47. The summed E-state index contributed by atoms with van der Waals surface area (Å²) in [7, 11) is 3.07.